The highest BCUT2D eigenvalue weighted by molar-refractivity contribution is 5.99. The molecule has 1 unspecified atom stereocenters. The van der Waals surface area contributed by atoms with Crippen LogP contribution in [0.3, 0.4) is 0 Å². The van der Waals surface area contributed by atoms with Crippen LogP contribution in [0.4, 0.5) is 11.4 Å². The van der Waals surface area contributed by atoms with Gasteiger partial charge in [0.05, 0.1) is 5.69 Å². The largest absolute Gasteiger partial charge is 0.479 e. The van der Waals surface area contributed by atoms with Gasteiger partial charge in [-0.2, -0.15) is 0 Å². The number of amides is 2. The fourth-order valence-corrected chi connectivity index (χ4v) is 1.97. The van der Waals surface area contributed by atoms with E-state index in [1.807, 2.05) is 20.8 Å². The summed E-state index contributed by atoms with van der Waals surface area (Å²) < 4.78 is 5.46. The lowest BCUT2D eigenvalue weighted by molar-refractivity contribution is -0.122. The molecule has 108 valence electrons. The first kappa shape index (κ1) is 14.4. The van der Waals surface area contributed by atoms with Crippen LogP contribution in [0.25, 0.3) is 0 Å². The zero-order chi connectivity index (χ0) is 14.9. The van der Waals surface area contributed by atoms with E-state index in [-0.39, 0.29) is 17.2 Å². The number of anilines is 2. The number of nitrogens with one attached hydrogen (secondary N) is 2. The molecule has 1 heterocycles. The summed E-state index contributed by atoms with van der Waals surface area (Å²) in [6.45, 7) is 7.72. The van der Waals surface area contributed by atoms with Crippen molar-refractivity contribution in [2.75, 3.05) is 10.6 Å². The van der Waals surface area contributed by atoms with Gasteiger partial charge in [-0.1, -0.05) is 20.8 Å². The molecule has 1 aromatic rings. The smallest absolute Gasteiger partial charge is 0.265 e. The van der Waals surface area contributed by atoms with Crippen LogP contribution in [-0.2, 0) is 9.59 Å². The van der Waals surface area contributed by atoms with Crippen LogP contribution < -0.4 is 15.4 Å². The molecule has 5 heteroatoms. The third kappa shape index (κ3) is 3.50. The van der Waals surface area contributed by atoms with Crippen LogP contribution in [0.1, 0.15) is 34.1 Å². The molecule has 20 heavy (non-hydrogen) atoms. The molecule has 1 atom stereocenters. The molecular weight excluding hydrogens is 256 g/mol. The Morgan fingerprint density at radius 3 is 2.75 bits per heavy atom. The van der Waals surface area contributed by atoms with Crippen molar-refractivity contribution in [1.29, 1.82) is 0 Å². The first-order valence-electron chi connectivity index (χ1n) is 6.66. The number of carbonyl (C=O) groups excluding carboxylic acids is 2. The molecule has 2 rings (SSSR count). The fourth-order valence-electron chi connectivity index (χ4n) is 1.97. The highest BCUT2D eigenvalue weighted by atomic mass is 16.5. The average molecular weight is 276 g/mol. The average Bonchev–Trinajstić information content (AvgIpc) is 2.28. The van der Waals surface area contributed by atoms with Gasteiger partial charge >= 0.3 is 0 Å². The SMILES string of the molecule is CC1Oc2ccc(NC(=O)CC(C)(C)C)cc2NC1=O. The van der Waals surface area contributed by atoms with Crippen LogP contribution >= 0.6 is 0 Å². The number of hydrogen-bond acceptors (Lipinski definition) is 3. The standard InChI is InChI=1S/C15H20N2O3/c1-9-14(19)17-11-7-10(5-6-12(11)20-9)16-13(18)8-15(2,3)4/h5-7,9H,8H2,1-4H3,(H,16,18)(H,17,19). The van der Waals surface area contributed by atoms with Crippen LogP contribution in [0.2, 0.25) is 0 Å². The van der Waals surface area contributed by atoms with Crippen molar-refractivity contribution in [3.63, 3.8) is 0 Å². The van der Waals surface area contributed by atoms with E-state index in [0.717, 1.165) is 0 Å². The van der Waals surface area contributed by atoms with E-state index < -0.39 is 6.10 Å². The normalized spacial score (nSPS) is 17.8. The van der Waals surface area contributed by atoms with E-state index in [9.17, 15) is 9.59 Å². The number of rotatable bonds is 2. The lowest BCUT2D eigenvalue weighted by Crippen LogP contribution is -2.34. The molecule has 0 bridgehead atoms. The van der Waals surface area contributed by atoms with Crippen molar-refractivity contribution in [3.05, 3.63) is 18.2 Å². The second-order valence-corrected chi connectivity index (χ2v) is 6.25. The van der Waals surface area contributed by atoms with Crippen LogP contribution in [0, 0.1) is 5.41 Å². The Morgan fingerprint density at radius 2 is 2.10 bits per heavy atom. The van der Waals surface area contributed by atoms with Crippen molar-refractivity contribution in [2.24, 2.45) is 5.41 Å². The summed E-state index contributed by atoms with van der Waals surface area (Å²) in [7, 11) is 0. The van der Waals surface area contributed by atoms with Gasteiger partial charge in [-0.05, 0) is 30.5 Å². The zero-order valence-electron chi connectivity index (χ0n) is 12.2. The fraction of sp³-hybridized carbons (Fsp3) is 0.467. The maximum atomic E-state index is 11.9. The summed E-state index contributed by atoms with van der Waals surface area (Å²) >= 11 is 0. The van der Waals surface area contributed by atoms with Gasteiger partial charge in [0.25, 0.3) is 5.91 Å². The predicted octanol–water partition coefficient (Wildman–Crippen LogP) is 2.78. The molecule has 0 aliphatic carbocycles. The molecule has 0 saturated carbocycles. The molecule has 2 amide bonds. The number of fused-ring (bicyclic) bond motifs is 1. The zero-order valence-corrected chi connectivity index (χ0v) is 12.2. The summed E-state index contributed by atoms with van der Waals surface area (Å²) in [6, 6.07) is 5.22. The third-order valence-corrected chi connectivity index (χ3v) is 2.89. The van der Waals surface area contributed by atoms with E-state index in [0.29, 0.717) is 23.5 Å². The summed E-state index contributed by atoms with van der Waals surface area (Å²) in [4.78, 5) is 23.4. The molecule has 0 radical (unpaired) electrons. The Kier molecular flexibility index (Phi) is 3.70. The first-order valence-corrected chi connectivity index (χ1v) is 6.66. The maximum absolute atomic E-state index is 11.9. The van der Waals surface area contributed by atoms with Gasteiger partial charge < -0.3 is 15.4 Å². The second-order valence-electron chi connectivity index (χ2n) is 6.25. The Balaban J connectivity index is 2.10. The number of hydrogen-bond donors (Lipinski definition) is 2. The Morgan fingerprint density at radius 1 is 1.40 bits per heavy atom. The minimum Gasteiger partial charge on any atom is -0.479 e. The summed E-state index contributed by atoms with van der Waals surface area (Å²) in [5, 5.41) is 5.59. The number of benzene rings is 1. The van der Waals surface area contributed by atoms with Gasteiger partial charge in [0, 0.05) is 12.1 Å². The molecule has 5 nitrogen and oxygen atoms in total. The Labute approximate surface area is 118 Å². The van der Waals surface area contributed by atoms with E-state index >= 15 is 0 Å². The van der Waals surface area contributed by atoms with Crippen molar-refractivity contribution in [1.82, 2.24) is 0 Å². The van der Waals surface area contributed by atoms with Crippen LogP contribution in [0.5, 0.6) is 5.75 Å². The highest BCUT2D eigenvalue weighted by Gasteiger charge is 2.24. The van der Waals surface area contributed by atoms with Crippen LogP contribution in [-0.4, -0.2) is 17.9 Å². The quantitative estimate of drug-likeness (QED) is 0.872. The molecule has 0 fully saturated rings. The lowest BCUT2D eigenvalue weighted by Gasteiger charge is -2.24. The van der Waals surface area contributed by atoms with Gasteiger partial charge in [0.15, 0.2) is 6.10 Å². The van der Waals surface area contributed by atoms with E-state index in [1.165, 1.54) is 0 Å². The van der Waals surface area contributed by atoms with E-state index in [2.05, 4.69) is 10.6 Å². The topological polar surface area (TPSA) is 67.4 Å². The molecule has 0 aromatic heterocycles. The van der Waals surface area contributed by atoms with E-state index in [4.69, 9.17) is 4.74 Å². The lowest BCUT2D eigenvalue weighted by atomic mass is 9.92. The molecule has 2 N–H and O–H groups in total. The van der Waals surface area contributed by atoms with Gasteiger partial charge in [-0.15, -0.1) is 0 Å². The van der Waals surface area contributed by atoms with Crippen molar-refractivity contribution >= 4 is 23.2 Å². The summed E-state index contributed by atoms with van der Waals surface area (Å²) in [6.07, 6.45) is -0.0620. The minimum absolute atomic E-state index is 0.0473. The minimum atomic E-state index is -0.496. The van der Waals surface area contributed by atoms with E-state index in [1.54, 1.807) is 25.1 Å². The molecule has 1 aromatic carbocycles. The Bertz CT molecular complexity index is 547. The third-order valence-electron chi connectivity index (χ3n) is 2.89. The van der Waals surface area contributed by atoms with Gasteiger partial charge in [-0.3, -0.25) is 9.59 Å². The predicted molar refractivity (Wildman–Crippen MR) is 77.9 cm³/mol. The maximum Gasteiger partial charge on any atom is 0.265 e. The molecule has 1 aliphatic rings. The molecule has 0 saturated heterocycles. The molecule has 0 spiro atoms. The first-order chi connectivity index (χ1) is 9.24. The summed E-state index contributed by atoms with van der Waals surface area (Å²) in [5.41, 5.74) is 1.17. The van der Waals surface area contributed by atoms with Gasteiger partial charge in [0.2, 0.25) is 5.91 Å². The monoisotopic (exact) mass is 276 g/mol. The number of ether oxygens (including phenoxy) is 1. The highest BCUT2D eigenvalue weighted by Crippen LogP contribution is 2.32. The molecular formula is C15H20N2O3. The molecule has 1 aliphatic heterocycles. The van der Waals surface area contributed by atoms with Gasteiger partial charge in [-0.25, -0.2) is 0 Å². The summed E-state index contributed by atoms with van der Waals surface area (Å²) in [5.74, 6) is 0.385. The Hall–Kier alpha value is -2.04. The number of carbonyl (C=O) groups is 2. The van der Waals surface area contributed by atoms with Crippen molar-refractivity contribution in [2.45, 2.75) is 40.2 Å². The van der Waals surface area contributed by atoms with Gasteiger partial charge in [0.1, 0.15) is 5.75 Å². The van der Waals surface area contributed by atoms with Crippen molar-refractivity contribution in [3.8, 4) is 5.75 Å². The van der Waals surface area contributed by atoms with Crippen molar-refractivity contribution < 1.29 is 14.3 Å². The second kappa shape index (κ2) is 5.15. The van der Waals surface area contributed by atoms with Crippen LogP contribution in [0.15, 0.2) is 18.2 Å².